The number of amides is 1. The van der Waals surface area contributed by atoms with Crippen LogP contribution in [0.25, 0.3) is 0 Å². The van der Waals surface area contributed by atoms with Crippen molar-refractivity contribution in [2.24, 2.45) is 0 Å². The van der Waals surface area contributed by atoms with E-state index in [9.17, 15) is 22.4 Å². The van der Waals surface area contributed by atoms with E-state index in [-0.39, 0.29) is 17.9 Å². The molecule has 0 unspecified atom stereocenters. The maximum atomic E-state index is 13.8. The number of esters is 1. The number of ether oxygens (including phenoxy) is 1. The lowest BCUT2D eigenvalue weighted by atomic mass is 10.1. The predicted octanol–water partition coefficient (Wildman–Crippen LogP) is 4.06. The Morgan fingerprint density at radius 3 is 2.29 bits per heavy atom. The minimum atomic E-state index is -4.16. The van der Waals surface area contributed by atoms with E-state index in [0.29, 0.717) is 11.3 Å². The molecule has 3 aromatic rings. The van der Waals surface area contributed by atoms with Crippen molar-refractivity contribution in [1.82, 2.24) is 0 Å². The molecule has 160 valence electrons. The van der Waals surface area contributed by atoms with Crippen LogP contribution < -0.4 is 10.0 Å². The molecule has 0 aliphatic carbocycles. The van der Waals surface area contributed by atoms with Crippen LogP contribution in [-0.4, -0.2) is 26.9 Å². The molecule has 0 bridgehead atoms. The Balaban J connectivity index is 1.73. The van der Waals surface area contributed by atoms with Gasteiger partial charge in [0.25, 0.3) is 15.9 Å². The standard InChI is InChI=1S/C22H19FN2O5S/c1-2-30-22(27)15-10-12-17(13-11-15)24-21(26)16-6-5-7-18(14-16)25-31(28,29)20-9-4-3-8-19(20)23/h3-14,25H,2H2,1H3,(H,24,26). The Morgan fingerprint density at radius 2 is 1.61 bits per heavy atom. The van der Waals surface area contributed by atoms with Crippen molar-refractivity contribution < 1.29 is 27.1 Å². The number of carbonyl (C=O) groups is 2. The van der Waals surface area contributed by atoms with Gasteiger partial charge in [0.2, 0.25) is 0 Å². The Kier molecular flexibility index (Phi) is 6.66. The van der Waals surface area contributed by atoms with Crippen molar-refractivity contribution >= 4 is 33.3 Å². The number of benzene rings is 3. The normalized spacial score (nSPS) is 10.9. The van der Waals surface area contributed by atoms with Crippen LogP contribution in [0.2, 0.25) is 0 Å². The van der Waals surface area contributed by atoms with Crippen molar-refractivity contribution in [2.75, 3.05) is 16.6 Å². The zero-order valence-electron chi connectivity index (χ0n) is 16.5. The van der Waals surface area contributed by atoms with Crippen molar-refractivity contribution in [1.29, 1.82) is 0 Å². The summed E-state index contributed by atoms with van der Waals surface area (Å²) in [5, 5.41) is 2.66. The summed E-state index contributed by atoms with van der Waals surface area (Å²) < 4.78 is 45.9. The molecule has 0 aliphatic rings. The first kappa shape index (κ1) is 22.0. The summed E-state index contributed by atoms with van der Waals surface area (Å²) in [6.07, 6.45) is 0. The summed E-state index contributed by atoms with van der Waals surface area (Å²) in [4.78, 5) is 23.7. The lowest BCUT2D eigenvalue weighted by Gasteiger charge is -2.11. The number of nitrogens with one attached hydrogen (secondary N) is 2. The summed E-state index contributed by atoms with van der Waals surface area (Å²) in [5.41, 5.74) is 1.08. The molecule has 0 saturated heterocycles. The number of carbonyl (C=O) groups excluding carboxylic acids is 2. The Labute approximate surface area is 178 Å². The van der Waals surface area contributed by atoms with Crippen molar-refractivity contribution in [3.63, 3.8) is 0 Å². The van der Waals surface area contributed by atoms with Gasteiger partial charge in [-0.15, -0.1) is 0 Å². The molecular formula is C22H19FN2O5S. The first-order valence-electron chi connectivity index (χ1n) is 9.26. The van der Waals surface area contributed by atoms with Gasteiger partial charge < -0.3 is 10.1 Å². The van der Waals surface area contributed by atoms with E-state index in [4.69, 9.17) is 4.74 Å². The molecule has 3 aromatic carbocycles. The van der Waals surface area contributed by atoms with Crippen molar-refractivity contribution in [2.45, 2.75) is 11.8 Å². The van der Waals surface area contributed by atoms with Gasteiger partial charge in [0.05, 0.1) is 12.2 Å². The molecule has 7 nitrogen and oxygen atoms in total. The fourth-order valence-electron chi connectivity index (χ4n) is 2.70. The summed E-state index contributed by atoms with van der Waals surface area (Å²) in [5.74, 6) is -1.83. The average molecular weight is 442 g/mol. The first-order valence-corrected chi connectivity index (χ1v) is 10.7. The van der Waals surface area contributed by atoms with Crippen LogP contribution in [0.1, 0.15) is 27.6 Å². The topological polar surface area (TPSA) is 102 Å². The molecule has 0 saturated carbocycles. The Bertz CT molecular complexity index is 1210. The highest BCUT2D eigenvalue weighted by Crippen LogP contribution is 2.20. The molecule has 0 aliphatic heterocycles. The summed E-state index contributed by atoms with van der Waals surface area (Å²) in [7, 11) is -4.16. The minimum Gasteiger partial charge on any atom is -0.462 e. The number of rotatable bonds is 7. The number of sulfonamides is 1. The second-order valence-electron chi connectivity index (χ2n) is 6.37. The summed E-state index contributed by atoms with van der Waals surface area (Å²) in [6, 6.07) is 16.9. The lowest BCUT2D eigenvalue weighted by Crippen LogP contribution is -2.16. The first-order chi connectivity index (χ1) is 14.8. The van der Waals surface area contributed by atoms with E-state index in [1.807, 2.05) is 0 Å². The number of halogens is 1. The smallest absolute Gasteiger partial charge is 0.338 e. The van der Waals surface area contributed by atoms with Gasteiger partial charge in [0.1, 0.15) is 10.7 Å². The Morgan fingerprint density at radius 1 is 0.903 bits per heavy atom. The third-order valence-electron chi connectivity index (χ3n) is 4.16. The molecule has 0 atom stereocenters. The van der Waals surface area contributed by atoms with Gasteiger partial charge in [-0.1, -0.05) is 18.2 Å². The Hall–Kier alpha value is -3.72. The maximum Gasteiger partial charge on any atom is 0.338 e. The third-order valence-corrected chi connectivity index (χ3v) is 5.57. The van der Waals surface area contributed by atoms with Gasteiger partial charge in [0.15, 0.2) is 0 Å². The third kappa shape index (κ3) is 5.46. The molecule has 2 N–H and O–H groups in total. The molecule has 0 spiro atoms. The number of hydrogen-bond acceptors (Lipinski definition) is 5. The van der Waals surface area contributed by atoms with Gasteiger partial charge in [-0.2, -0.15) is 0 Å². The maximum absolute atomic E-state index is 13.8. The fraction of sp³-hybridized carbons (Fsp3) is 0.0909. The second-order valence-corrected chi connectivity index (χ2v) is 8.02. The van der Waals surface area contributed by atoms with E-state index in [2.05, 4.69) is 10.0 Å². The number of anilines is 2. The highest BCUT2D eigenvalue weighted by molar-refractivity contribution is 7.92. The molecule has 31 heavy (non-hydrogen) atoms. The van der Waals surface area contributed by atoms with Gasteiger partial charge in [0, 0.05) is 16.9 Å². The molecule has 0 heterocycles. The van der Waals surface area contributed by atoms with Crippen LogP contribution in [0.4, 0.5) is 15.8 Å². The van der Waals surface area contributed by atoms with Crippen molar-refractivity contribution in [3.05, 3.63) is 89.7 Å². The monoisotopic (exact) mass is 442 g/mol. The second kappa shape index (κ2) is 9.40. The molecule has 1 amide bonds. The zero-order chi connectivity index (χ0) is 22.4. The van der Waals surface area contributed by atoms with Crippen LogP contribution in [0.5, 0.6) is 0 Å². The summed E-state index contributed by atoms with van der Waals surface area (Å²) >= 11 is 0. The van der Waals surface area contributed by atoms with Gasteiger partial charge >= 0.3 is 5.97 Å². The highest BCUT2D eigenvalue weighted by Gasteiger charge is 2.19. The molecule has 3 rings (SSSR count). The van der Waals surface area contributed by atoms with Gasteiger partial charge in [-0.05, 0) is 61.5 Å². The van der Waals surface area contributed by atoms with Crippen LogP contribution in [0.3, 0.4) is 0 Å². The summed E-state index contributed by atoms with van der Waals surface area (Å²) in [6.45, 7) is 1.96. The van der Waals surface area contributed by atoms with E-state index in [1.165, 1.54) is 48.5 Å². The van der Waals surface area contributed by atoms with Crippen molar-refractivity contribution in [3.8, 4) is 0 Å². The highest BCUT2D eigenvalue weighted by atomic mass is 32.2. The minimum absolute atomic E-state index is 0.105. The molecule has 9 heteroatoms. The average Bonchev–Trinajstić information content (AvgIpc) is 2.74. The largest absolute Gasteiger partial charge is 0.462 e. The van der Waals surface area contributed by atoms with Crippen LogP contribution in [0, 0.1) is 5.82 Å². The van der Waals surface area contributed by atoms with E-state index >= 15 is 0 Å². The fourth-order valence-corrected chi connectivity index (χ4v) is 3.83. The number of hydrogen-bond donors (Lipinski definition) is 2. The van der Waals surface area contributed by atoms with E-state index in [0.717, 1.165) is 12.1 Å². The zero-order valence-corrected chi connectivity index (χ0v) is 17.3. The molecule has 0 aromatic heterocycles. The molecule has 0 radical (unpaired) electrons. The SMILES string of the molecule is CCOC(=O)c1ccc(NC(=O)c2cccc(NS(=O)(=O)c3ccccc3F)c2)cc1. The molecule has 0 fully saturated rings. The molecular weight excluding hydrogens is 423 g/mol. The van der Waals surface area contributed by atoms with Crippen LogP contribution >= 0.6 is 0 Å². The predicted molar refractivity (Wildman–Crippen MR) is 114 cm³/mol. The van der Waals surface area contributed by atoms with Crippen LogP contribution in [-0.2, 0) is 14.8 Å². The van der Waals surface area contributed by atoms with E-state index < -0.39 is 32.6 Å². The lowest BCUT2D eigenvalue weighted by molar-refractivity contribution is 0.0526. The van der Waals surface area contributed by atoms with Crippen LogP contribution in [0.15, 0.2) is 77.7 Å². The van der Waals surface area contributed by atoms with E-state index in [1.54, 1.807) is 19.1 Å². The van der Waals surface area contributed by atoms with Gasteiger partial charge in [-0.25, -0.2) is 17.6 Å². The van der Waals surface area contributed by atoms with Gasteiger partial charge in [-0.3, -0.25) is 9.52 Å². The quantitative estimate of drug-likeness (QED) is 0.538.